The van der Waals surface area contributed by atoms with E-state index in [1.54, 1.807) is 35.8 Å². The van der Waals surface area contributed by atoms with E-state index >= 15 is 0 Å². The zero-order chi connectivity index (χ0) is 19.3. The van der Waals surface area contributed by atoms with Gasteiger partial charge in [-0.1, -0.05) is 24.3 Å². The summed E-state index contributed by atoms with van der Waals surface area (Å²) in [5, 5.41) is 5.11. The Hall–Kier alpha value is -1.35. The van der Waals surface area contributed by atoms with Crippen LogP contribution in [0, 0.1) is 0 Å². The lowest BCUT2D eigenvalue weighted by Crippen LogP contribution is -2.29. The first-order valence-corrected chi connectivity index (χ1v) is 11.3. The van der Waals surface area contributed by atoms with Crippen molar-refractivity contribution in [2.24, 2.45) is 5.14 Å². The highest BCUT2D eigenvalue weighted by Gasteiger charge is 2.18. The SMILES string of the molecule is CC(c1ccc(S(N)(=O)=O)cc1)N(C)C(=O)CCSc1ccccc1Br. The molecule has 0 bridgehead atoms. The largest absolute Gasteiger partial charge is 0.339 e. The Balaban J connectivity index is 1.93. The van der Waals surface area contributed by atoms with Gasteiger partial charge in [-0.2, -0.15) is 0 Å². The van der Waals surface area contributed by atoms with Crippen LogP contribution < -0.4 is 5.14 Å². The maximum Gasteiger partial charge on any atom is 0.238 e. The first-order valence-electron chi connectivity index (χ1n) is 7.96. The summed E-state index contributed by atoms with van der Waals surface area (Å²) in [6.45, 7) is 1.91. The van der Waals surface area contributed by atoms with E-state index in [2.05, 4.69) is 15.9 Å². The molecule has 2 N–H and O–H groups in total. The number of thioether (sulfide) groups is 1. The molecule has 5 nitrogen and oxygen atoms in total. The fourth-order valence-corrected chi connectivity index (χ4v) is 4.38. The normalized spacial score (nSPS) is 12.6. The molecule has 0 aliphatic rings. The summed E-state index contributed by atoms with van der Waals surface area (Å²) in [5.74, 6) is 0.718. The molecule has 0 aliphatic carbocycles. The third kappa shape index (κ3) is 5.57. The lowest BCUT2D eigenvalue weighted by molar-refractivity contribution is -0.131. The van der Waals surface area contributed by atoms with Crippen LogP contribution in [0.15, 0.2) is 62.8 Å². The van der Waals surface area contributed by atoms with Crippen molar-refractivity contribution in [1.82, 2.24) is 4.90 Å². The summed E-state index contributed by atoms with van der Waals surface area (Å²) in [6.07, 6.45) is 0.419. The first kappa shape index (κ1) is 21.0. The Morgan fingerprint density at radius 3 is 2.38 bits per heavy atom. The number of sulfonamides is 1. The molecule has 0 saturated carbocycles. The lowest BCUT2D eigenvalue weighted by Gasteiger charge is -2.25. The molecule has 1 amide bonds. The molecule has 26 heavy (non-hydrogen) atoms. The van der Waals surface area contributed by atoms with Crippen molar-refractivity contribution in [2.75, 3.05) is 12.8 Å². The van der Waals surface area contributed by atoms with Crippen LogP contribution in [0.5, 0.6) is 0 Å². The Kier molecular flexibility index (Phi) is 7.28. The van der Waals surface area contributed by atoms with Crippen LogP contribution in [0.2, 0.25) is 0 Å². The molecule has 1 atom stereocenters. The Morgan fingerprint density at radius 1 is 1.19 bits per heavy atom. The second-order valence-corrected chi connectivity index (χ2v) is 9.38. The van der Waals surface area contributed by atoms with Crippen molar-refractivity contribution in [2.45, 2.75) is 29.2 Å². The molecular weight excluding hydrogens is 436 g/mol. The minimum Gasteiger partial charge on any atom is -0.339 e. The molecule has 2 aromatic rings. The highest BCUT2D eigenvalue weighted by Crippen LogP contribution is 2.28. The Labute approximate surface area is 167 Å². The summed E-state index contributed by atoms with van der Waals surface area (Å²) in [7, 11) is -1.96. The summed E-state index contributed by atoms with van der Waals surface area (Å²) >= 11 is 5.13. The number of benzene rings is 2. The standard InChI is InChI=1S/C18H21BrN2O3S2/c1-13(14-7-9-15(10-8-14)26(20,23)24)21(2)18(22)11-12-25-17-6-4-3-5-16(17)19/h3-10,13H,11-12H2,1-2H3,(H2,20,23,24). The third-order valence-corrected chi connectivity index (χ3v) is 7.03. The van der Waals surface area contributed by atoms with E-state index in [4.69, 9.17) is 5.14 Å². The second kappa shape index (κ2) is 9.03. The quantitative estimate of drug-likeness (QED) is 0.642. The molecule has 0 spiro atoms. The number of carbonyl (C=O) groups excluding carboxylic acids is 1. The number of amides is 1. The average molecular weight is 457 g/mol. The Bertz CT molecular complexity index is 870. The van der Waals surface area contributed by atoms with Crippen molar-refractivity contribution in [1.29, 1.82) is 0 Å². The monoisotopic (exact) mass is 456 g/mol. The zero-order valence-electron chi connectivity index (χ0n) is 14.6. The molecule has 1 unspecified atom stereocenters. The molecule has 0 radical (unpaired) electrons. The minimum atomic E-state index is -3.71. The van der Waals surface area contributed by atoms with Gasteiger partial charge in [-0.25, -0.2) is 13.6 Å². The highest BCUT2D eigenvalue weighted by molar-refractivity contribution is 9.10. The van der Waals surface area contributed by atoms with Gasteiger partial charge in [0.2, 0.25) is 15.9 Å². The molecule has 140 valence electrons. The molecule has 0 saturated heterocycles. The van der Waals surface area contributed by atoms with Crippen LogP contribution in [-0.4, -0.2) is 32.0 Å². The van der Waals surface area contributed by atoms with Crippen LogP contribution in [0.3, 0.4) is 0 Å². The number of carbonyl (C=O) groups is 1. The number of halogens is 1. The third-order valence-electron chi connectivity index (χ3n) is 4.08. The maximum absolute atomic E-state index is 12.4. The smallest absolute Gasteiger partial charge is 0.238 e. The molecule has 0 aromatic heterocycles. The van der Waals surface area contributed by atoms with Gasteiger partial charge in [-0.3, -0.25) is 4.79 Å². The van der Waals surface area contributed by atoms with E-state index in [0.29, 0.717) is 12.2 Å². The number of nitrogens with two attached hydrogens (primary N) is 1. The van der Waals surface area contributed by atoms with Gasteiger partial charge >= 0.3 is 0 Å². The second-order valence-electron chi connectivity index (χ2n) is 5.82. The van der Waals surface area contributed by atoms with Crippen LogP contribution in [0.25, 0.3) is 0 Å². The van der Waals surface area contributed by atoms with Gasteiger partial charge in [0, 0.05) is 28.6 Å². The van der Waals surface area contributed by atoms with Gasteiger partial charge in [0.25, 0.3) is 0 Å². The fraction of sp³-hybridized carbons (Fsp3) is 0.278. The van der Waals surface area contributed by atoms with E-state index < -0.39 is 10.0 Å². The fourth-order valence-electron chi connectivity index (χ4n) is 2.36. The molecule has 0 heterocycles. The lowest BCUT2D eigenvalue weighted by atomic mass is 10.1. The van der Waals surface area contributed by atoms with Gasteiger partial charge in [0.05, 0.1) is 10.9 Å². The number of nitrogens with zero attached hydrogens (tertiary/aromatic N) is 1. The van der Waals surface area contributed by atoms with E-state index in [9.17, 15) is 13.2 Å². The summed E-state index contributed by atoms with van der Waals surface area (Å²) in [6, 6.07) is 14.0. The van der Waals surface area contributed by atoms with Crippen molar-refractivity contribution in [3.8, 4) is 0 Å². The van der Waals surface area contributed by atoms with Gasteiger partial charge in [0.1, 0.15) is 0 Å². The van der Waals surface area contributed by atoms with Crippen LogP contribution in [0.4, 0.5) is 0 Å². The predicted octanol–water partition coefficient (Wildman–Crippen LogP) is 3.80. The number of rotatable bonds is 7. The Morgan fingerprint density at radius 2 is 1.81 bits per heavy atom. The highest BCUT2D eigenvalue weighted by atomic mass is 79.9. The molecule has 8 heteroatoms. The summed E-state index contributed by atoms with van der Waals surface area (Å²) in [4.78, 5) is 15.3. The van der Waals surface area contributed by atoms with Crippen molar-refractivity contribution >= 4 is 43.6 Å². The minimum absolute atomic E-state index is 0.0348. The summed E-state index contributed by atoms with van der Waals surface area (Å²) in [5.41, 5.74) is 0.853. The van der Waals surface area contributed by atoms with Gasteiger partial charge in [-0.05, 0) is 52.7 Å². The van der Waals surface area contributed by atoms with Gasteiger partial charge in [-0.15, -0.1) is 11.8 Å². The van der Waals surface area contributed by atoms with Gasteiger partial charge in [0.15, 0.2) is 0 Å². The number of hydrogen-bond donors (Lipinski definition) is 1. The van der Waals surface area contributed by atoms with Crippen LogP contribution in [0.1, 0.15) is 24.9 Å². The van der Waals surface area contributed by atoms with E-state index in [-0.39, 0.29) is 16.8 Å². The average Bonchev–Trinajstić information content (AvgIpc) is 2.61. The first-order chi connectivity index (χ1) is 12.2. The number of hydrogen-bond acceptors (Lipinski definition) is 4. The maximum atomic E-state index is 12.4. The predicted molar refractivity (Wildman–Crippen MR) is 108 cm³/mol. The topological polar surface area (TPSA) is 80.5 Å². The number of primary sulfonamides is 1. The van der Waals surface area contributed by atoms with Gasteiger partial charge < -0.3 is 4.90 Å². The van der Waals surface area contributed by atoms with Crippen LogP contribution >= 0.6 is 27.7 Å². The summed E-state index contributed by atoms with van der Waals surface area (Å²) < 4.78 is 23.7. The zero-order valence-corrected chi connectivity index (χ0v) is 17.8. The van der Waals surface area contributed by atoms with E-state index in [1.807, 2.05) is 31.2 Å². The van der Waals surface area contributed by atoms with Crippen molar-refractivity contribution in [3.05, 3.63) is 58.6 Å². The van der Waals surface area contributed by atoms with E-state index in [1.165, 1.54) is 12.1 Å². The molecule has 2 aromatic carbocycles. The van der Waals surface area contributed by atoms with Crippen LogP contribution in [-0.2, 0) is 14.8 Å². The van der Waals surface area contributed by atoms with Crippen molar-refractivity contribution in [3.63, 3.8) is 0 Å². The molecule has 0 fully saturated rings. The molecule has 0 aliphatic heterocycles. The van der Waals surface area contributed by atoms with Crippen molar-refractivity contribution < 1.29 is 13.2 Å². The molecular formula is C18H21BrN2O3S2. The molecule has 2 rings (SSSR count). The van der Waals surface area contributed by atoms with E-state index in [0.717, 1.165) is 14.9 Å².